The second-order valence-corrected chi connectivity index (χ2v) is 4.81. The Labute approximate surface area is 104 Å². The van der Waals surface area contributed by atoms with Crippen molar-refractivity contribution in [3.8, 4) is 0 Å². The van der Waals surface area contributed by atoms with E-state index in [1.165, 1.54) is 0 Å². The van der Waals surface area contributed by atoms with Gasteiger partial charge in [0.05, 0.1) is 6.61 Å². The third kappa shape index (κ3) is 3.07. The molecule has 4 atom stereocenters. The van der Waals surface area contributed by atoms with E-state index in [1.54, 1.807) is 0 Å². The van der Waals surface area contributed by atoms with Gasteiger partial charge >= 0.3 is 5.97 Å². The topological polar surface area (TPSA) is 50.4 Å². The molecule has 2 N–H and O–H groups in total. The van der Waals surface area contributed by atoms with Gasteiger partial charge in [0.15, 0.2) is 0 Å². The van der Waals surface area contributed by atoms with Gasteiger partial charge in [-0.25, -0.2) is 10.9 Å². The molecule has 0 aromatic heterocycles. The van der Waals surface area contributed by atoms with Gasteiger partial charge in [-0.3, -0.25) is 4.79 Å². The number of carbonyl (C=O) groups is 1. The Balaban J connectivity index is 2.84. The fourth-order valence-electron chi connectivity index (χ4n) is 2.39. The summed E-state index contributed by atoms with van der Waals surface area (Å²) in [5.41, 5.74) is 7.26. The molecule has 0 spiro atoms. The Bertz CT molecular complexity index is 291. The van der Waals surface area contributed by atoms with E-state index in [0.29, 0.717) is 12.5 Å². The molecular formula is C13H24N2O2. The molecule has 0 radical (unpaired) electrons. The Kier molecular flexibility index (Phi) is 5.15. The fraction of sp³-hybridized carbons (Fsp3) is 0.769. The molecule has 1 heterocycles. The van der Waals surface area contributed by atoms with Gasteiger partial charge in [0.1, 0.15) is 6.04 Å². The van der Waals surface area contributed by atoms with E-state index in [2.05, 4.69) is 31.3 Å². The summed E-state index contributed by atoms with van der Waals surface area (Å²) in [5.74, 6) is 0.471. The summed E-state index contributed by atoms with van der Waals surface area (Å²) in [6, 6.07) is -0.133. The van der Waals surface area contributed by atoms with Crippen molar-refractivity contribution in [1.82, 2.24) is 10.9 Å². The minimum Gasteiger partial charge on any atom is -0.465 e. The van der Waals surface area contributed by atoms with Crippen LogP contribution in [0.25, 0.3) is 0 Å². The Morgan fingerprint density at radius 2 is 1.94 bits per heavy atom. The zero-order chi connectivity index (χ0) is 13.0. The molecule has 0 aromatic carbocycles. The normalized spacial score (nSPS) is 30.0. The first-order chi connectivity index (χ1) is 8.02. The second kappa shape index (κ2) is 6.17. The van der Waals surface area contributed by atoms with Crippen LogP contribution >= 0.6 is 0 Å². The zero-order valence-corrected chi connectivity index (χ0v) is 11.2. The third-order valence-corrected chi connectivity index (χ3v) is 3.54. The van der Waals surface area contributed by atoms with Crippen molar-refractivity contribution in [2.75, 3.05) is 6.61 Å². The van der Waals surface area contributed by atoms with E-state index in [1.807, 2.05) is 13.8 Å². The molecule has 0 aliphatic carbocycles. The molecule has 1 saturated heterocycles. The summed E-state index contributed by atoms with van der Waals surface area (Å²) in [4.78, 5) is 11.9. The lowest BCUT2D eigenvalue weighted by Crippen LogP contribution is -2.41. The van der Waals surface area contributed by atoms with Gasteiger partial charge in [-0.05, 0) is 19.8 Å². The largest absolute Gasteiger partial charge is 0.465 e. The molecule has 1 aliphatic rings. The predicted octanol–water partition coefficient (Wildman–Crippen LogP) is 1.63. The summed E-state index contributed by atoms with van der Waals surface area (Å²) in [6.07, 6.45) is 1.04. The van der Waals surface area contributed by atoms with E-state index in [-0.39, 0.29) is 24.0 Å². The molecular weight excluding hydrogens is 216 g/mol. The standard InChI is InChI=1S/C13H24N2O2/c1-6-9(5)10-11(8(3)4)14-15-12(10)13(16)17-7-2/h9-12,14-15H,3,6-7H2,1-2,4-5H3. The maximum Gasteiger partial charge on any atom is 0.324 e. The van der Waals surface area contributed by atoms with Crippen LogP contribution in [0.15, 0.2) is 12.2 Å². The Hall–Kier alpha value is -0.870. The molecule has 4 unspecified atom stereocenters. The highest BCUT2D eigenvalue weighted by Gasteiger charge is 2.43. The number of hydrogen-bond acceptors (Lipinski definition) is 4. The lowest BCUT2D eigenvalue weighted by Gasteiger charge is -2.27. The molecule has 1 aliphatic heterocycles. The van der Waals surface area contributed by atoms with Crippen LogP contribution in [-0.2, 0) is 9.53 Å². The number of esters is 1. The van der Waals surface area contributed by atoms with Gasteiger partial charge in [0.2, 0.25) is 0 Å². The van der Waals surface area contributed by atoms with Crippen molar-refractivity contribution >= 4 is 5.97 Å². The number of ether oxygens (including phenoxy) is 1. The molecule has 0 amide bonds. The van der Waals surface area contributed by atoms with Crippen LogP contribution in [0.2, 0.25) is 0 Å². The molecule has 98 valence electrons. The first kappa shape index (κ1) is 14.2. The molecule has 4 nitrogen and oxygen atoms in total. The quantitative estimate of drug-likeness (QED) is 0.566. The lowest BCUT2D eigenvalue weighted by atomic mass is 9.79. The van der Waals surface area contributed by atoms with Crippen LogP contribution in [0, 0.1) is 11.8 Å². The van der Waals surface area contributed by atoms with Gasteiger partial charge in [-0.1, -0.05) is 32.4 Å². The number of carbonyl (C=O) groups excluding carboxylic acids is 1. The summed E-state index contributed by atoms with van der Waals surface area (Å²) < 4.78 is 5.11. The SMILES string of the molecule is C=C(C)C1NNC(C(=O)OCC)C1C(C)CC. The van der Waals surface area contributed by atoms with Crippen LogP contribution in [0.1, 0.15) is 34.1 Å². The summed E-state index contributed by atoms with van der Waals surface area (Å²) >= 11 is 0. The molecule has 1 fully saturated rings. The highest BCUT2D eigenvalue weighted by Crippen LogP contribution is 2.29. The van der Waals surface area contributed by atoms with Crippen molar-refractivity contribution in [3.63, 3.8) is 0 Å². The van der Waals surface area contributed by atoms with Gasteiger partial charge in [-0.2, -0.15) is 0 Å². The lowest BCUT2D eigenvalue weighted by molar-refractivity contribution is -0.146. The van der Waals surface area contributed by atoms with Crippen LogP contribution in [0.5, 0.6) is 0 Å². The van der Waals surface area contributed by atoms with Gasteiger partial charge in [0, 0.05) is 12.0 Å². The number of hydrazine groups is 1. The molecule has 0 saturated carbocycles. The number of hydrogen-bond donors (Lipinski definition) is 2. The minimum absolute atomic E-state index is 0.138. The summed E-state index contributed by atoms with van der Waals surface area (Å²) in [5, 5.41) is 0. The van der Waals surface area contributed by atoms with Gasteiger partial charge < -0.3 is 4.74 Å². The van der Waals surface area contributed by atoms with E-state index >= 15 is 0 Å². The van der Waals surface area contributed by atoms with Crippen LogP contribution in [0.3, 0.4) is 0 Å². The van der Waals surface area contributed by atoms with Crippen molar-refractivity contribution < 1.29 is 9.53 Å². The van der Waals surface area contributed by atoms with E-state index in [9.17, 15) is 4.79 Å². The Morgan fingerprint density at radius 1 is 1.35 bits per heavy atom. The van der Waals surface area contributed by atoms with Gasteiger partial charge in [-0.15, -0.1) is 0 Å². The van der Waals surface area contributed by atoms with Crippen molar-refractivity contribution in [3.05, 3.63) is 12.2 Å². The predicted molar refractivity (Wildman–Crippen MR) is 68.2 cm³/mol. The maximum absolute atomic E-state index is 11.9. The van der Waals surface area contributed by atoms with Crippen LogP contribution < -0.4 is 10.9 Å². The molecule has 17 heavy (non-hydrogen) atoms. The minimum atomic E-state index is -0.272. The summed E-state index contributed by atoms with van der Waals surface area (Å²) in [6.45, 7) is 12.5. The molecule has 1 rings (SSSR count). The first-order valence-electron chi connectivity index (χ1n) is 6.35. The monoisotopic (exact) mass is 240 g/mol. The first-order valence-corrected chi connectivity index (χ1v) is 6.35. The number of nitrogens with one attached hydrogen (secondary N) is 2. The average molecular weight is 240 g/mol. The highest BCUT2D eigenvalue weighted by molar-refractivity contribution is 5.76. The maximum atomic E-state index is 11.9. The van der Waals surface area contributed by atoms with Crippen LogP contribution in [0.4, 0.5) is 0 Å². The van der Waals surface area contributed by atoms with Crippen LogP contribution in [-0.4, -0.2) is 24.7 Å². The van der Waals surface area contributed by atoms with E-state index < -0.39 is 0 Å². The summed E-state index contributed by atoms with van der Waals surface area (Å²) in [7, 11) is 0. The smallest absolute Gasteiger partial charge is 0.324 e. The zero-order valence-electron chi connectivity index (χ0n) is 11.2. The second-order valence-electron chi connectivity index (χ2n) is 4.81. The van der Waals surface area contributed by atoms with E-state index in [0.717, 1.165) is 12.0 Å². The molecule has 0 bridgehead atoms. The number of rotatable bonds is 5. The molecule has 0 aromatic rings. The van der Waals surface area contributed by atoms with Crippen molar-refractivity contribution in [2.24, 2.45) is 11.8 Å². The van der Waals surface area contributed by atoms with Gasteiger partial charge in [0.25, 0.3) is 0 Å². The molecule has 4 heteroatoms. The van der Waals surface area contributed by atoms with Crippen molar-refractivity contribution in [2.45, 2.75) is 46.2 Å². The third-order valence-electron chi connectivity index (χ3n) is 3.54. The highest BCUT2D eigenvalue weighted by atomic mass is 16.5. The fourth-order valence-corrected chi connectivity index (χ4v) is 2.39. The average Bonchev–Trinajstić information content (AvgIpc) is 2.72. The van der Waals surface area contributed by atoms with E-state index in [4.69, 9.17) is 4.74 Å². The van der Waals surface area contributed by atoms with Crippen molar-refractivity contribution in [1.29, 1.82) is 0 Å². The Morgan fingerprint density at radius 3 is 2.41 bits per heavy atom.